The molecule has 4 rings (SSSR count). The molecule has 146 valence electrons. The molecule has 0 spiro atoms. The van der Waals surface area contributed by atoms with Gasteiger partial charge in [0.05, 0.1) is 22.3 Å². The van der Waals surface area contributed by atoms with Gasteiger partial charge in [-0.15, -0.1) is 11.3 Å². The molecule has 0 aliphatic carbocycles. The van der Waals surface area contributed by atoms with E-state index >= 15 is 0 Å². The summed E-state index contributed by atoms with van der Waals surface area (Å²) < 4.78 is 14.3. The lowest BCUT2D eigenvalue weighted by molar-refractivity contribution is -0.885. The molecule has 1 fully saturated rings. The Balaban J connectivity index is 1.36. The van der Waals surface area contributed by atoms with E-state index in [2.05, 4.69) is 12.1 Å². The summed E-state index contributed by atoms with van der Waals surface area (Å²) >= 11 is 1.75. The van der Waals surface area contributed by atoms with E-state index in [-0.39, 0.29) is 11.7 Å². The Morgan fingerprint density at radius 3 is 2.82 bits per heavy atom. The van der Waals surface area contributed by atoms with Gasteiger partial charge >= 0.3 is 0 Å². The van der Waals surface area contributed by atoms with Gasteiger partial charge in [0.2, 0.25) is 0 Å². The number of quaternary nitrogens is 1. The van der Waals surface area contributed by atoms with Crippen LogP contribution in [-0.4, -0.2) is 42.5 Å². The molecule has 0 bridgehead atoms. The Morgan fingerprint density at radius 2 is 2.04 bits per heavy atom. The van der Waals surface area contributed by atoms with Gasteiger partial charge in [0, 0.05) is 24.6 Å². The quantitative estimate of drug-likeness (QED) is 0.718. The zero-order valence-corrected chi connectivity index (χ0v) is 16.8. The first kappa shape index (κ1) is 19.0. The minimum Gasteiger partial charge on any atom is -0.337 e. The average Bonchev–Trinajstić information content (AvgIpc) is 3.14. The van der Waals surface area contributed by atoms with Crippen molar-refractivity contribution >= 4 is 27.5 Å². The largest absolute Gasteiger partial charge is 0.337 e. The second kappa shape index (κ2) is 8.37. The van der Waals surface area contributed by atoms with Gasteiger partial charge < -0.3 is 9.80 Å². The number of likely N-dealkylation sites (N-methyl/N-ethyl adjacent to an activating group) is 1. The normalized spacial score (nSPS) is 18.4. The molecular weight excluding hydrogens is 373 g/mol. The molecule has 2 atom stereocenters. The number of rotatable bonds is 5. The number of hydrogen-bond acceptors (Lipinski definition) is 3. The first-order valence-electron chi connectivity index (χ1n) is 9.77. The number of benzene rings is 2. The number of carbonyl (C=O) groups excluding carboxylic acids is 1. The Hall–Kier alpha value is -2.31. The van der Waals surface area contributed by atoms with E-state index in [1.165, 1.54) is 16.8 Å². The zero-order valence-electron chi connectivity index (χ0n) is 16.0. The van der Waals surface area contributed by atoms with Crippen molar-refractivity contribution in [3.63, 3.8) is 0 Å². The Bertz CT molecular complexity index is 923. The minimum absolute atomic E-state index is 0.186. The van der Waals surface area contributed by atoms with Gasteiger partial charge in [0.25, 0.3) is 5.91 Å². The van der Waals surface area contributed by atoms with Crippen LogP contribution in [-0.2, 0) is 11.3 Å². The van der Waals surface area contributed by atoms with E-state index in [9.17, 15) is 9.18 Å². The SMILES string of the molecule is C[NH+](CC(=O)N1CCC[C@H](c2nc3ccccc3s2)C1)Cc1ccc(F)cc1. The van der Waals surface area contributed by atoms with Crippen LogP contribution in [0.5, 0.6) is 0 Å². The van der Waals surface area contributed by atoms with E-state index in [1.54, 1.807) is 23.5 Å². The lowest BCUT2D eigenvalue weighted by Gasteiger charge is -2.32. The molecule has 1 N–H and O–H groups in total. The highest BCUT2D eigenvalue weighted by Gasteiger charge is 2.28. The van der Waals surface area contributed by atoms with Crippen LogP contribution in [0.3, 0.4) is 0 Å². The van der Waals surface area contributed by atoms with Crippen LogP contribution in [0.4, 0.5) is 4.39 Å². The van der Waals surface area contributed by atoms with Gasteiger partial charge in [-0.25, -0.2) is 9.37 Å². The molecule has 1 aliphatic rings. The minimum atomic E-state index is -0.230. The zero-order chi connectivity index (χ0) is 19.5. The molecule has 4 nitrogen and oxygen atoms in total. The van der Waals surface area contributed by atoms with Crippen LogP contribution >= 0.6 is 11.3 Å². The van der Waals surface area contributed by atoms with Crippen molar-refractivity contribution in [2.45, 2.75) is 25.3 Å². The number of piperidine rings is 1. The number of para-hydroxylation sites is 1. The maximum Gasteiger partial charge on any atom is 0.277 e. The second-order valence-electron chi connectivity index (χ2n) is 7.64. The van der Waals surface area contributed by atoms with Crippen LogP contribution in [0.25, 0.3) is 10.2 Å². The Morgan fingerprint density at radius 1 is 1.25 bits per heavy atom. The summed E-state index contributed by atoms with van der Waals surface area (Å²) in [7, 11) is 2.01. The lowest BCUT2D eigenvalue weighted by atomic mass is 9.98. The van der Waals surface area contributed by atoms with Gasteiger partial charge in [-0.3, -0.25) is 4.79 Å². The first-order valence-corrected chi connectivity index (χ1v) is 10.6. The first-order chi connectivity index (χ1) is 13.6. The summed E-state index contributed by atoms with van der Waals surface area (Å²) in [6, 6.07) is 14.7. The van der Waals surface area contributed by atoms with Crippen LogP contribution in [0.15, 0.2) is 48.5 Å². The van der Waals surface area contributed by atoms with Crippen LogP contribution in [0, 0.1) is 5.82 Å². The fourth-order valence-electron chi connectivity index (χ4n) is 3.85. The molecular formula is C22H25FN3OS+. The molecule has 2 aromatic carbocycles. The van der Waals surface area contributed by atoms with Crippen LogP contribution in [0.2, 0.25) is 0 Å². The van der Waals surface area contributed by atoms with Gasteiger partial charge in [-0.05, 0) is 37.1 Å². The summed E-state index contributed by atoms with van der Waals surface area (Å²) in [5.74, 6) is 0.282. The number of likely N-dealkylation sites (tertiary alicyclic amines) is 1. The fourth-order valence-corrected chi connectivity index (χ4v) is 4.95. The van der Waals surface area contributed by atoms with Crippen molar-refractivity contribution in [1.82, 2.24) is 9.88 Å². The molecule has 1 aromatic heterocycles. The van der Waals surface area contributed by atoms with Crippen molar-refractivity contribution in [3.8, 4) is 0 Å². The lowest BCUT2D eigenvalue weighted by Crippen LogP contribution is -3.08. The maximum atomic E-state index is 13.0. The highest BCUT2D eigenvalue weighted by Crippen LogP contribution is 2.32. The number of thiazole rings is 1. The van der Waals surface area contributed by atoms with Crippen molar-refractivity contribution in [3.05, 3.63) is 64.9 Å². The molecule has 1 aliphatic heterocycles. The third kappa shape index (κ3) is 4.39. The van der Waals surface area contributed by atoms with Gasteiger partial charge in [-0.2, -0.15) is 0 Å². The highest BCUT2D eigenvalue weighted by molar-refractivity contribution is 7.18. The van der Waals surface area contributed by atoms with Gasteiger partial charge in [0.15, 0.2) is 6.54 Å². The summed E-state index contributed by atoms with van der Waals surface area (Å²) in [5, 5.41) is 1.14. The van der Waals surface area contributed by atoms with Gasteiger partial charge in [0.1, 0.15) is 12.4 Å². The fraction of sp³-hybridized carbons (Fsp3) is 0.364. The summed E-state index contributed by atoms with van der Waals surface area (Å²) in [4.78, 5) is 20.7. The molecule has 0 saturated carbocycles. The molecule has 6 heteroatoms. The third-order valence-electron chi connectivity index (χ3n) is 5.31. The molecule has 1 amide bonds. The van der Waals surface area contributed by atoms with E-state index in [0.29, 0.717) is 19.0 Å². The molecule has 0 radical (unpaired) electrons. The van der Waals surface area contributed by atoms with Crippen molar-refractivity contribution < 1.29 is 14.1 Å². The molecule has 1 saturated heterocycles. The predicted octanol–water partition coefficient (Wildman–Crippen LogP) is 2.86. The molecule has 3 aromatic rings. The van der Waals surface area contributed by atoms with Gasteiger partial charge in [-0.1, -0.05) is 24.3 Å². The monoisotopic (exact) mass is 398 g/mol. The summed E-state index contributed by atoms with van der Waals surface area (Å²) in [6.45, 7) is 2.73. The standard InChI is InChI=1S/C22H24FN3OS/c1-25(13-16-8-10-18(23)11-9-16)15-21(27)26-12-4-5-17(14-26)22-24-19-6-2-3-7-20(19)28-22/h2-3,6-11,17H,4-5,12-15H2,1H3/p+1/t17-/m0/s1. The summed E-state index contributed by atoms with van der Waals surface area (Å²) in [6.07, 6.45) is 2.10. The summed E-state index contributed by atoms with van der Waals surface area (Å²) in [5.41, 5.74) is 2.09. The van der Waals surface area contributed by atoms with E-state index in [1.807, 2.05) is 24.1 Å². The van der Waals surface area contributed by atoms with Crippen LogP contribution in [0.1, 0.15) is 29.3 Å². The Labute approximate surface area is 168 Å². The number of aromatic nitrogens is 1. The third-order valence-corrected chi connectivity index (χ3v) is 6.50. The van der Waals surface area contributed by atoms with E-state index < -0.39 is 0 Å². The molecule has 28 heavy (non-hydrogen) atoms. The highest BCUT2D eigenvalue weighted by atomic mass is 32.1. The van der Waals surface area contributed by atoms with Crippen LogP contribution < -0.4 is 4.90 Å². The maximum absolute atomic E-state index is 13.0. The number of fused-ring (bicyclic) bond motifs is 1. The topological polar surface area (TPSA) is 37.6 Å². The van der Waals surface area contributed by atoms with Crippen molar-refractivity contribution in [1.29, 1.82) is 0 Å². The number of nitrogens with zero attached hydrogens (tertiary/aromatic N) is 2. The van der Waals surface area contributed by atoms with Crippen molar-refractivity contribution in [2.75, 3.05) is 26.7 Å². The molecule has 1 unspecified atom stereocenters. The second-order valence-corrected chi connectivity index (χ2v) is 8.70. The Kier molecular flexibility index (Phi) is 5.69. The number of amides is 1. The van der Waals surface area contributed by atoms with Crippen molar-refractivity contribution in [2.24, 2.45) is 0 Å². The van der Waals surface area contributed by atoms with E-state index in [4.69, 9.17) is 4.98 Å². The molecule has 2 heterocycles. The van der Waals surface area contributed by atoms with E-state index in [0.717, 1.165) is 46.9 Å². The smallest absolute Gasteiger partial charge is 0.277 e. The average molecular weight is 399 g/mol. The predicted molar refractivity (Wildman–Crippen MR) is 110 cm³/mol. The number of hydrogen-bond donors (Lipinski definition) is 1. The number of nitrogens with one attached hydrogen (secondary N) is 1. The number of halogens is 1. The number of carbonyl (C=O) groups is 1.